The van der Waals surface area contributed by atoms with E-state index in [1.807, 2.05) is 48.5 Å². The number of nitrogens with zero attached hydrogens (tertiary/aromatic N) is 1. The molecule has 0 fully saturated rings. The average Bonchev–Trinajstić information content (AvgIpc) is 2.76. The second kappa shape index (κ2) is 9.69. The molecule has 3 rings (SSSR count). The zero-order valence-electron chi connectivity index (χ0n) is 17.1. The number of aromatic nitrogens is 1. The van der Waals surface area contributed by atoms with Gasteiger partial charge < -0.3 is 15.8 Å². The predicted octanol–water partition coefficient (Wildman–Crippen LogP) is 3.41. The smallest absolute Gasteiger partial charge is 0.250 e. The molecule has 0 aliphatic heterocycles. The van der Waals surface area contributed by atoms with Crippen LogP contribution in [0.2, 0.25) is 0 Å². The van der Waals surface area contributed by atoms with Crippen LogP contribution < -0.4 is 15.8 Å². The highest BCUT2D eigenvalue weighted by molar-refractivity contribution is 5.94. The predicted molar refractivity (Wildman–Crippen MR) is 116 cm³/mol. The number of nitrogens with one attached hydrogen (secondary N) is 1. The number of primary amides is 1. The first-order valence-electron chi connectivity index (χ1n) is 9.72. The maximum atomic E-state index is 12.1. The Bertz CT molecular complexity index is 1030. The molecular weight excluding hydrogens is 378 g/mol. The second-order valence-corrected chi connectivity index (χ2v) is 7.02. The van der Waals surface area contributed by atoms with Gasteiger partial charge >= 0.3 is 0 Å². The van der Waals surface area contributed by atoms with Gasteiger partial charge in [0, 0.05) is 18.5 Å². The number of nitrogens with two attached hydrogens (primary N) is 1. The van der Waals surface area contributed by atoms with Gasteiger partial charge in [0.2, 0.25) is 5.91 Å². The Labute approximate surface area is 176 Å². The molecule has 0 saturated carbocycles. The van der Waals surface area contributed by atoms with Gasteiger partial charge in [-0.05, 0) is 48.7 Å². The lowest BCUT2D eigenvalue weighted by Gasteiger charge is -2.08. The summed E-state index contributed by atoms with van der Waals surface area (Å²) < 4.78 is 5.14. The van der Waals surface area contributed by atoms with Crippen LogP contribution in [0.4, 0.5) is 0 Å². The largest absolute Gasteiger partial charge is 0.497 e. The standard InChI is InChI=1S/C24H25N3O3/c1-16-21(24(25)29)12-13-22(27-16)19-8-3-18(4-9-19)15-26-23(28)14-7-17-5-10-20(30-2)11-6-17/h3-6,8-13H,7,14-15H2,1-2H3,(H2,25,29)(H,26,28). The molecule has 1 heterocycles. The molecule has 6 nitrogen and oxygen atoms in total. The van der Waals surface area contributed by atoms with E-state index in [4.69, 9.17) is 10.5 Å². The van der Waals surface area contributed by atoms with Crippen LogP contribution >= 0.6 is 0 Å². The van der Waals surface area contributed by atoms with Crippen molar-refractivity contribution in [1.82, 2.24) is 10.3 Å². The fourth-order valence-electron chi connectivity index (χ4n) is 3.11. The van der Waals surface area contributed by atoms with Crippen LogP contribution in [-0.2, 0) is 17.8 Å². The van der Waals surface area contributed by atoms with E-state index in [9.17, 15) is 9.59 Å². The van der Waals surface area contributed by atoms with Gasteiger partial charge in [0.25, 0.3) is 5.91 Å². The van der Waals surface area contributed by atoms with Crippen molar-refractivity contribution in [2.45, 2.75) is 26.3 Å². The van der Waals surface area contributed by atoms with E-state index < -0.39 is 5.91 Å². The normalized spacial score (nSPS) is 10.5. The van der Waals surface area contributed by atoms with Gasteiger partial charge in [-0.1, -0.05) is 36.4 Å². The number of carbonyl (C=O) groups is 2. The molecule has 0 spiro atoms. The number of carbonyl (C=O) groups excluding carboxylic acids is 2. The number of amides is 2. The average molecular weight is 403 g/mol. The molecular formula is C24H25N3O3. The summed E-state index contributed by atoms with van der Waals surface area (Å²) in [7, 11) is 1.63. The van der Waals surface area contributed by atoms with Gasteiger partial charge in [-0.15, -0.1) is 0 Å². The number of rotatable bonds is 8. The summed E-state index contributed by atoms with van der Waals surface area (Å²) in [6.07, 6.45) is 1.11. The van der Waals surface area contributed by atoms with E-state index in [1.165, 1.54) is 0 Å². The van der Waals surface area contributed by atoms with Gasteiger partial charge in [-0.2, -0.15) is 0 Å². The summed E-state index contributed by atoms with van der Waals surface area (Å²) in [5.41, 5.74) is 10.2. The Balaban J connectivity index is 1.52. The van der Waals surface area contributed by atoms with E-state index in [-0.39, 0.29) is 5.91 Å². The quantitative estimate of drug-likeness (QED) is 0.603. The van der Waals surface area contributed by atoms with Crippen molar-refractivity contribution >= 4 is 11.8 Å². The second-order valence-electron chi connectivity index (χ2n) is 7.02. The van der Waals surface area contributed by atoms with Crippen LogP contribution in [0, 0.1) is 6.92 Å². The SMILES string of the molecule is COc1ccc(CCC(=O)NCc2ccc(-c3ccc(C(N)=O)c(C)n3)cc2)cc1. The first-order valence-corrected chi connectivity index (χ1v) is 9.72. The van der Waals surface area contributed by atoms with Crippen LogP contribution in [0.25, 0.3) is 11.3 Å². The van der Waals surface area contributed by atoms with Crippen molar-refractivity contribution < 1.29 is 14.3 Å². The lowest BCUT2D eigenvalue weighted by Crippen LogP contribution is -2.22. The summed E-state index contributed by atoms with van der Waals surface area (Å²) in [5, 5.41) is 2.95. The summed E-state index contributed by atoms with van der Waals surface area (Å²) >= 11 is 0. The van der Waals surface area contributed by atoms with E-state index in [2.05, 4.69) is 10.3 Å². The Morgan fingerprint density at radius 2 is 1.63 bits per heavy atom. The molecule has 3 aromatic rings. The highest BCUT2D eigenvalue weighted by atomic mass is 16.5. The molecule has 1 aromatic heterocycles. The third-order valence-electron chi connectivity index (χ3n) is 4.89. The Morgan fingerprint density at radius 3 is 2.23 bits per heavy atom. The third-order valence-corrected chi connectivity index (χ3v) is 4.89. The van der Waals surface area contributed by atoms with Crippen LogP contribution in [0.15, 0.2) is 60.7 Å². The molecule has 2 amide bonds. The lowest BCUT2D eigenvalue weighted by atomic mass is 10.1. The fourth-order valence-corrected chi connectivity index (χ4v) is 3.11. The highest BCUT2D eigenvalue weighted by Gasteiger charge is 2.08. The van der Waals surface area contributed by atoms with Crippen molar-refractivity contribution in [3.05, 3.63) is 83.0 Å². The van der Waals surface area contributed by atoms with Crippen LogP contribution in [0.1, 0.15) is 33.6 Å². The molecule has 0 aliphatic rings. The molecule has 30 heavy (non-hydrogen) atoms. The van der Waals surface area contributed by atoms with E-state index in [1.54, 1.807) is 26.2 Å². The fraction of sp³-hybridized carbons (Fsp3) is 0.208. The molecule has 154 valence electrons. The monoisotopic (exact) mass is 403 g/mol. The number of pyridine rings is 1. The minimum absolute atomic E-state index is 0.00854. The Hall–Kier alpha value is -3.67. The van der Waals surface area contributed by atoms with Crippen molar-refractivity contribution in [3.63, 3.8) is 0 Å². The summed E-state index contributed by atoms with van der Waals surface area (Å²) in [5.74, 6) is 0.333. The number of hydrogen-bond donors (Lipinski definition) is 2. The van der Waals surface area contributed by atoms with Crippen molar-refractivity contribution in [2.24, 2.45) is 5.73 Å². The van der Waals surface area contributed by atoms with Crippen LogP contribution in [-0.4, -0.2) is 23.9 Å². The molecule has 0 unspecified atom stereocenters. The molecule has 3 N–H and O–H groups in total. The number of methoxy groups -OCH3 is 1. The van der Waals surface area contributed by atoms with Gasteiger partial charge in [0.15, 0.2) is 0 Å². The number of benzene rings is 2. The van der Waals surface area contributed by atoms with Crippen molar-refractivity contribution in [3.8, 4) is 17.0 Å². The van der Waals surface area contributed by atoms with Gasteiger partial charge in [0.1, 0.15) is 5.75 Å². The van der Waals surface area contributed by atoms with Crippen LogP contribution in [0.5, 0.6) is 5.75 Å². The van der Waals surface area contributed by atoms with Gasteiger partial charge in [-0.25, -0.2) is 0 Å². The van der Waals surface area contributed by atoms with Gasteiger partial charge in [0.05, 0.1) is 24.1 Å². The maximum Gasteiger partial charge on any atom is 0.250 e. The number of ether oxygens (including phenoxy) is 1. The maximum absolute atomic E-state index is 12.1. The third kappa shape index (κ3) is 5.44. The zero-order chi connectivity index (χ0) is 21.5. The first-order chi connectivity index (χ1) is 14.5. The Kier molecular flexibility index (Phi) is 6.80. The number of hydrogen-bond acceptors (Lipinski definition) is 4. The van der Waals surface area contributed by atoms with Gasteiger partial charge in [-0.3, -0.25) is 14.6 Å². The molecule has 0 radical (unpaired) electrons. The summed E-state index contributed by atoms with van der Waals surface area (Å²) in [6, 6.07) is 19.0. The van der Waals surface area contributed by atoms with E-state index in [0.29, 0.717) is 30.6 Å². The zero-order valence-corrected chi connectivity index (χ0v) is 17.1. The Morgan fingerprint density at radius 1 is 0.967 bits per heavy atom. The van der Waals surface area contributed by atoms with E-state index >= 15 is 0 Å². The summed E-state index contributed by atoms with van der Waals surface area (Å²) in [6.45, 7) is 2.23. The van der Waals surface area contributed by atoms with Crippen LogP contribution in [0.3, 0.4) is 0 Å². The molecule has 6 heteroatoms. The summed E-state index contributed by atoms with van der Waals surface area (Å²) in [4.78, 5) is 27.9. The molecule has 0 aliphatic carbocycles. The number of aryl methyl sites for hydroxylation is 2. The van der Waals surface area contributed by atoms with Crippen molar-refractivity contribution in [1.29, 1.82) is 0 Å². The first kappa shape index (κ1) is 21.0. The van der Waals surface area contributed by atoms with Crippen molar-refractivity contribution in [2.75, 3.05) is 7.11 Å². The van der Waals surface area contributed by atoms with E-state index in [0.717, 1.165) is 28.1 Å². The minimum Gasteiger partial charge on any atom is -0.497 e. The molecule has 0 saturated heterocycles. The molecule has 2 aromatic carbocycles. The molecule has 0 atom stereocenters. The highest BCUT2D eigenvalue weighted by Crippen LogP contribution is 2.20. The minimum atomic E-state index is -0.482. The topological polar surface area (TPSA) is 94.3 Å². The molecule has 0 bridgehead atoms. The lowest BCUT2D eigenvalue weighted by molar-refractivity contribution is -0.121.